The molecule has 136 valence electrons. The number of benzene rings is 1. The van der Waals surface area contributed by atoms with Gasteiger partial charge in [0.25, 0.3) is 5.56 Å². The molecule has 0 radical (unpaired) electrons. The third-order valence-electron chi connectivity index (χ3n) is 4.62. The first-order valence-electron chi connectivity index (χ1n) is 7.90. The van der Waals surface area contributed by atoms with Crippen molar-refractivity contribution in [3.63, 3.8) is 0 Å². The second-order valence-electron chi connectivity index (χ2n) is 6.21. The van der Waals surface area contributed by atoms with Gasteiger partial charge in [0.15, 0.2) is 0 Å². The lowest BCUT2D eigenvalue weighted by molar-refractivity contribution is 0.566. The minimum Gasteiger partial charge on any atom is -0.365 e. The summed E-state index contributed by atoms with van der Waals surface area (Å²) in [5.74, 6) is 5.01. The highest BCUT2D eigenvalue weighted by Gasteiger charge is 2.31. The third-order valence-corrected chi connectivity index (χ3v) is 4.97. The Hall–Kier alpha value is -1.77. The predicted octanol–water partition coefficient (Wildman–Crippen LogP) is 0.836. The van der Waals surface area contributed by atoms with Crippen LogP contribution in [0.25, 0.3) is 10.9 Å². The summed E-state index contributed by atoms with van der Waals surface area (Å²) in [7, 11) is 0. The summed E-state index contributed by atoms with van der Waals surface area (Å²) < 4.78 is 16.7. The molecule has 1 aliphatic heterocycles. The van der Waals surface area contributed by atoms with Crippen LogP contribution in [-0.2, 0) is 0 Å². The molecule has 4 rings (SSSR count). The molecule has 1 aromatic carbocycles. The van der Waals surface area contributed by atoms with Crippen LogP contribution < -0.4 is 27.3 Å². The van der Waals surface area contributed by atoms with Gasteiger partial charge < -0.3 is 16.1 Å². The van der Waals surface area contributed by atoms with Crippen LogP contribution in [-0.4, -0.2) is 35.4 Å². The zero-order valence-corrected chi connectivity index (χ0v) is 14.9. The lowest BCUT2D eigenvalue weighted by atomic mass is 10.1. The van der Waals surface area contributed by atoms with Crippen molar-refractivity contribution < 1.29 is 4.39 Å². The first kappa shape index (κ1) is 18.0. The van der Waals surface area contributed by atoms with E-state index in [1.807, 2.05) is 4.90 Å². The van der Waals surface area contributed by atoms with Gasteiger partial charge in [0.1, 0.15) is 5.82 Å². The quantitative estimate of drug-likeness (QED) is 0.743. The lowest BCUT2D eigenvalue weighted by Gasteiger charge is -2.31. The maximum absolute atomic E-state index is 14.7. The van der Waals surface area contributed by atoms with Gasteiger partial charge in [-0.05, 0) is 18.9 Å². The van der Waals surface area contributed by atoms with Gasteiger partial charge in [-0.15, -0.1) is 12.4 Å². The van der Waals surface area contributed by atoms with Gasteiger partial charge in [-0.3, -0.25) is 9.36 Å². The Morgan fingerprint density at radius 2 is 1.88 bits per heavy atom. The molecule has 3 N–H and O–H groups in total. The van der Waals surface area contributed by atoms with Gasteiger partial charge in [-0.2, -0.15) is 4.68 Å². The number of rotatable bonds is 2. The van der Waals surface area contributed by atoms with Crippen LogP contribution in [0.2, 0.25) is 5.02 Å². The Morgan fingerprint density at radius 1 is 1.24 bits per heavy atom. The van der Waals surface area contributed by atoms with Crippen molar-refractivity contribution in [2.45, 2.75) is 18.9 Å². The minimum absolute atomic E-state index is 0. The number of nitrogens with two attached hydrogens (primary N) is 1. The highest BCUT2D eigenvalue weighted by atomic mass is 35.5. The fourth-order valence-electron chi connectivity index (χ4n) is 3.28. The van der Waals surface area contributed by atoms with E-state index in [1.165, 1.54) is 4.57 Å². The molecule has 2 heterocycles. The average molecular weight is 390 g/mol. The van der Waals surface area contributed by atoms with Crippen LogP contribution in [0.1, 0.15) is 18.9 Å². The molecular formula is C15H18Cl2FN5O2. The Balaban J connectivity index is 0.00000182. The average Bonchev–Trinajstić information content (AvgIpc) is 3.40. The van der Waals surface area contributed by atoms with Crippen molar-refractivity contribution in [1.29, 1.82) is 0 Å². The Bertz CT molecular complexity index is 948. The van der Waals surface area contributed by atoms with E-state index in [0.717, 1.165) is 18.9 Å². The summed E-state index contributed by atoms with van der Waals surface area (Å²) in [6.07, 6.45) is 1.62. The second-order valence-corrected chi connectivity index (χ2v) is 6.59. The van der Waals surface area contributed by atoms with Crippen molar-refractivity contribution in [1.82, 2.24) is 14.6 Å². The highest BCUT2D eigenvalue weighted by molar-refractivity contribution is 6.37. The number of aromatic nitrogens is 2. The number of fused-ring (bicyclic) bond motifs is 1. The van der Waals surface area contributed by atoms with Crippen molar-refractivity contribution in [3.8, 4) is 0 Å². The monoisotopic (exact) mass is 389 g/mol. The molecule has 10 heteroatoms. The first-order chi connectivity index (χ1) is 11.5. The van der Waals surface area contributed by atoms with Crippen LogP contribution in [0.15, 0.2) is 15.7 Å². The van der Waals surface area contributed by atoms with E-state index in [9.17, 15) is 14.0 Å². The maximum atomic E-state index is 14.7. The molecule has 7 nitrogen and oxygen atoms in total. The van der Waals surface area contributed by atoms with Gasteiger partial charge in [-0.1, -0.05) is 11.6 Å². The zero-order valence-electron chi connectivity index (χ0n) is 13.3. The summed E-state index contributed by atoms with van der Waals surface area (Å²) in [4.78, 5) is 26.6. The summed E-state index contributed by atoms with van der Waals surface area (Å²) in [5, 5.41) is 3.33. The van der Waals surface area contributed by atoms with E-state index >= 15 is 0 Å². The van der Waals surface area contributed by atoms with Crippen LogP contribution in [0.5, 0.6) is 0 Å². The molecule has 1 aromatic heterocycles. The van der Waals surface area contributed by atoms with Gasteiger partial charge >= 0.3 is 5.69 Å². The van der Waals surface area contributed by atoms with Gasteiger partial charge in [0.2, 0.25) is 0 Å². The molecule has 0 unspecified atom stereocenters. The Labute approximate surface area is 153 Å². The molecule has 2 fully saturated rings. The minimum atomic E-state index is -0.737. The largest absolute Gasteiger partial charge is 0.365 e. The van der Waals surface area contributed by atoms with Gasteiger partial charge in [0, 0.05) is 32.2 Å². The van der Waals surface area contributed by atoms with Crippen molar-refractivity contribution >= 4 is 40.6 Å². The Morgan fingerprint density at radius 3 is 2.48 bits per heavy atom. The van der Waals surface area contributed by atoms with E-state index in [4.69, 9.17) is 17.4 Å². The normalized spacial score (nSPS) is 17.6. The van der Waals surface area contributed by atoms with E-state index in [1.54, 1.807) is 0 Å². The van der Waals surface area contributed by atoms with Crippen LogP contribution in [0, 0.1) is 5.82 Å². The van der Waals surface area contributed by atoms with Crippen molar-refractivity contribution in [2.75, 3.05) is 36.9 Å². The number of nitrogens with one attached hydrogen (secondary N) is 1. The molecule has 1 aliphatic carbocycles. The van der Waals surface area contributed by atoms with Crippen LogP contribution in [0.4, 0.5) is 10.1 Å². The smallest absolute Gasteiger partial charge is 0.350 e. The zero-order chi connectivity index (χ0) is 17.0. The molecule has 0 spiro atoms. The summed E-state index contributed by atoms with van der Waals surface area (Å²) in [6, 6.07) is 1.09. The summed E-state index contributed by atoms with van der Waals surface area (Å²) in [6.45, 7) is 2.63. The number of halogens is 3. The van der Waals surface area contributed by atoms with E-state index < -0.39 is 17.1 Å². The number of hydrogen-bond acceptors (Lipinski definition) is 5. The number of anilines is 1. The Kier molecular flexibility index (Phi) is 4.70. The first-order valence-corrected chi connectivity index (χ1v) is 8.28. The topological polar surface area (TPSA) is 85.3 Å². The molecule has 0 atom stereocenters. The molecular weight excluding hydrogens is 372 g/mol. The molecule has 1 saturated carbocycles. The third kappa shape index (κ3) is 2.78. The maximum Gasteiger partial charge on any atom is 0.350 e. The molecule has 2 aromatic rings. The second kappa shape index (κ2) is 6.51. The number of hydrogen-bond donors (Lipinski definition) is 2. The van der Waals surface area contributed by atoms with Crippen molar-refractivity contribution in [3.05, 3.63) is 37.7 Å². The lowest BCUT2D eigenvalue weighted by Crippen LogP contribution is -2.45. The van der Waals surface area contributed by atoms with E-state index in [2.05, 4.69) is 5.32 Å². The van der Waals surface area contributed by atoms with Crippen LogP contribution in [0.3, 0.4) is 0 Å². The van der Waals surface area contributed by atoms with Gasteiger partial charge in [0.05, 0.1) is 21.6 Å². The standard InChI is InChI=1S/C15H17ClFN5O2.ClH/c16-11-12-9(7-10(17)13(11)20-5-3-19-4-6-20)14(23)22(18)15(24)21(12)8-1-2-8;/h7-8,19H,1-6,18H2;1H. The molecule has 25 heavy (non-hydrogen) atoms. The summed E-state index contributed by atoms with van der Waals surface area (Å²) in [5.41, 5.74) is -0.825. The van der Waals surface area contributed by atoms with E-state index in [0.29, 0.717) is 30.9 Å². The predicted molar refractivity (Wildman–Crippen MR) is 98.2 cm³/mol. The van der Waals surface area contributed by atoms with E-state index in [-0.39, 0.29) is 40.1 Å². The number of nitrogens with zero attached hydrogens (tertiary/aromatic N) is 3. The SMILES string of the molecule is Cl.Nn1c(=O)c2cc(F)c(N3CCNCC3)c(Cl)c2n(C2CC2)c1=O. The van der Waals surface area contributed by atoms with Gasteiger partial charge in [-0.25, -0.2) is 9.18 Å². The molecule has 0 amide bonds. The van der Waals surface area contributed by atoms with Crippen LogP contribution >= 0.6 is 24.0 Å². The fourth-order valence-corrected chi connectivity index (χ4v) is 3.68. The number of piperazine rings is 1. The molecule has 0 bridgehead atoms. The molecule has 2 aliphatic rings. The highest BCUT2D eigenvalue weighted by Crippen LogP contribution is 2.40. The molecule has 1 saturated heterocycles. The summed E-state index contributed by atoms with van der Waals surface area (Å²) >= 11 is 6.50. The van der Waals surface area contributed by atoms with Crippen molar-refractivity contribution in [2.24, 2.45) is 0 Å². The fraction of sp³-hybridized carbons (Fsp3) is 0.467. The number of nitrogen functional groups attached to an aromatic ring is 1.